The van der Waals surface area contributed by atoms with Gasteiger partial charge in [-0.3, -0.25) is 9.69 Å². The van der Waals surface area contributed by atoms with E-state index in [4.69, 9.17) is 19.3 Å². The van der Waals surface area contributed by atoms with Crippen molar-refractivity contribution in [2.45, 2.75) is 51.0 Å². The molecule has 2 aliphatic rings. The van der Waals surface area contributed by atoms with Crippen LogP contribution in [0.5, 0.6) is 0 Å². The molecule has 2 saturated heterocycles. The van der Waals surface area contributed by atoms with Crippen molar-refractivity contribution in [1.29, 1.82) is 0 Å². The average molecular weight is 287 g/mol. The second-order valence-electron chi connectivity index (χ2n) is 6.13. The van der Waals surface area contributed by atoms with Crippen molar-refractivity contribution in [1.82, 2.24) is 4.90 Å². The monoisotopic (exact) mass is 287 g/mol. The van der Waals surface area contributed by atoms with Crippen LogP contribution in [0.25, 0.3) is 0 Å². The summed E-state index contributed by atoms with van der Waals surface area (Å²) in [6.45, 7) is 6.36. The number of carbonyl (C=O) groups excluding carboxylic acids is 1. The van der Waals surface area contributed by atoms with Gasteiger partial charge in [0.15, 0.2) is 0 Å². The van der Waals surface area contributed by atoms with E-state index in [9.17, 15) is 9.59 Å². The van der Waals surface area contributed by atoms with Crippen molar-refractivity contribution >= 4 is 12.1 Å². The molecule has 0 radical (unpaired) electrons. The molecule has 0 aliphatic carbocycles. The molecule has 0 bridgehead atoms. The van der Waals surface area contributed by atoms with E-state index in [1.807, 2.05) is 0 Å². The number of aliphatic carboxylic acids is 1. The normalized spacial score (nSPS) is 29.9. The summed E-state index contributed by atoms with van der Waals surface area (Å²) in [6, 6.07) is -0.199. The minimum atomic E-state index is -0.948. The van der Waals surface area contributed by atoms with E-state index >= 15 is 0 Å². The van der Waals surface area contributed by atoms with Gasteiger partial charge in [-0.1, -0.05) is 0 Å². The van der Waals surface area contributed by atoms with Crippen LogP contribution in [0, 0.1) is 0 Å². The van der Waals surface area contributed by atoms with Gasteiger partial charge in [-0.2, -0.15) is 0 Å². The summed E-state index contributed by atoms with van der Waals surface area (Å²) in [5, 5.41) is 8.87. The van der Waals surface area contributed by atoms with Crippen molar-refractivity contribution in [3.05, 3.63) is 0 Å². The third-order valence-electron chi connectivity index (χ3n) is 3.20. The molecular formula is C13H21NO6. The number of carboxylic acid groups (broad SMARTS) is 1. The second kappa shape index (κ2) is 5.57. The summed E-state index contributed by atoms with van der Waals surface area (Å²) < 4.78 is 16.4. The Labute approximate surface area is 117 Å². The van der Waals surface area contributed by atoms with E-state index < -0.39 is 23.8 Å². The molecule has 0 unspecified atom stereocenters. The number of morpholine rings is 1. The molecule has 1 N–H and O–H groups in total. The van der Waals surface area contributed by atoms with E-state index in [2.05, 4.69) is 0 Å². The van der Waals surface area contributed by atoms with Gasteiger partial charge in [0.25, 0.3) is 0 Å². The fraction of sp³-hybridized carbons (Fsp3) is 0.846. The third-order valence-corrected chi connectivity index (χ3v) is 3.20. The van der Waals surface area contributed by atoms with E-state index in [0.717, 1.165) is 0 Å². The Morgan fingerprint density at radius 2 is 2.05 bits per heavy atom. The lowest BCUT2D eigenvalue weighted by atomic mass is 10.1. The van der Waals surface area contributed by atoms with Gasteiger partial charge in [0.1, 0.15) is 11.7 Å². The first-order chi connectivity index (χ1) is 9.26. The molecule has 0 aromatic carbocycles. The summed E-state index contributed by atoms with van der Waals surface area (Å²) in [6.07, 6.45) is -1.39. The highest BCUT2D eigenvalue weighted by molar-refractivity contribution is 5.70. The first kappa shape index (κ1) is 15.1. The molecule has 0 spiro atoms. The smallest absolute Gasteiger partial charge is 0.410 e. The minimum Gasteiger partial charge on any atom is -0.481 e. The van der Waals surface area contributed by atoms with Gasteiger partial charge < -0.3 is 19.3 Å². The Bertz CT molecular complexity index is 391. The predicted molar refractivity (Wildman–Crippen MR) is 68.5 cm³/mol. The van der Waals surface area contributed by atoms with Gasteiger partial charge in [-0.15, -0.1) is 0 Å². The van der Waals surface area contributed by atoms with Crippen LogP contribution in [-0.2, 0) is 19.0 Å². The Kier molecular flexibility index (Phi) is 4.19. The van der Waals surface area contributed by atoms with Gasteiger partial charge in [0.2, 0.25) is 0 Å². The molecule has 3 atom stereocenters. The molecule has 2 heterocycles. The van der Waals surface area contributed by atoms with E-state index in [0.29, 0.717) is 13.2 Å². The third kappa shape index (κ3) is 3.61. The number of hydrogen-bond acceptors (Lipinski definition) is 5. The van der Waals surface area contributed by atoms with Crippen LogP contribution < -0.4 is 0 Å². The fourth-order valence-electron chi connectivity index (χ4n) is 2.43. The number of fused-ring (bicyclic) bond motifs is 1. The number of rotatable bonds is 2. The van der Waals surface area contributed by atoms with Gasteiger partial charge in [-0.25, -0.2) is 4.79 Å². The molecule has 0 saturated carbocycles. The van der Waals surface area contributed by atoms with Crippen molar-refractivity contribution in [3.63, 3.8) is 0 Å². The van der Waals surface area contributed by atoms with Crippen molar-refractivity contribution in [2.24, 2.45) is 0 Å². The van der Waals surface area contributed by atoms with Crippen LogP contribution >= 0.6 is 0 Å². The quantitative estimate of drug-likeness (QED) is 0.811. The molecule has 7 nitrogen and oxygen atoms in total. The van der Waals surface area contributed by atoms with Crippen LogP contribution in [0.1, 0.15) is 27.2 Å². The topological polar surface area (TPSA) is 85.3 Å². The number of hydrogen-bond donors (Lipinski definition) is 1. The average Bonchev–Trinajstić information content (AvgIpc) is 2.72. The molecule has 1 amide bonds. The Hall–Kier alpha value is -1.34. The predicted octanol–water partition coefficient (Wildman–Crippen LogP) is 0.864. The van der Waals surface area contributed by atoms with E-state index in [-0.39, 0.29) is 25.1 Å². The lowest BCUT2D eigenvalue weighted by molar-refractivity contribution is -0.147. The Morgan fingerprint density at radius 1 is 1.35 bits per heavy atom. The number of amides is 1. The SMILES string of the molecule is CC(C)(C)OC(=O)N1C[C@H](CC(=O)O)O[C@H]2COC[C@@H]21. The molecule has 114 valence electrons. The minimum absolute atomic E-state index is 0.136. The molecule has 20 heavy (non-hydrogen) atoms. The molecule has 0 aromatic rings. The number of carboxylic acids is 1. The zero-order valence-corrected chi connectivity index (χ0v) is 12.0. The number of carbonyl (C=O) groups is 2. The number of nitrogens with zero attached hydrogens (tertiary/aromatic N) is 1. The summed E-state index contributed by atoms with van der Waals surface area (Å²) in [4.78, 5) is 24.6. The van der Waals surface area contributed by atoms with Gasteiger partial charge in [-0.05, 0) is 20.8 Å². The summed E-state index contributed by atoms with van der Waals surface area (Å²) in [5.41, 5.74) is -0.591. The zero-order valence-electron chi connectivity index (χ0n) is 12.0. The molecule has 0 aromatic heterocycles. The highest BCUT2D eigenvalue weighted by Crippen LogP contribution is 2.26. The van der Waals surface area contributed by atoms with Crippen molar-refractivity contribution in [2.75, 3.05) is 19.8 Å². The highest BCUT2D eigenvalue weighted by Gasteiger charge is 2.44. The van der Waals surface area contributed by atoms with E-state index in [1.54, 1.807) is 25.7 Å². The number of ether oxygens (including phenoxy) is 3. The van der Waals surface area contributed by atoms with Gasteiger partial charge in [0.05, 0.1) is 38.3 Å². The molecule has 2 aliphatic heterocycles. The van der Waals surface area contributed by atoms with Gasteiger partial charge >= 0.3 is 12.1 Å². The summed E-state index contributed by atoms with van der Waals surface area (Å²) in [5.74, 6) is -0.948. The van der Waals surface area contributed by atoms with Crippen LogP contribution in [-0.4, -0.2) is 65.7 Å². The van der Waals surface area contributed by atoms with Crippen LogP contribution in [0.3, 0.4) is 0 Å². The molecule has 2 rings (SSSR count). The van der Waals surface area contributed by atoms with E-state index in [1.165, 1.54) is 0 Å². The van der Waals surface area contributed by atoms with Crippen LogP contribution in [0.4, 0.5) is 4.79 Å². The van der Waals surface area contributed by atoms with Crippen molar-refractivity contribution in [3.8, 4) is 0 Å². The van der Waals surface area contributed by atoms with Crippen molar-refractivity contribution < 1.29 is 28.9 Å². The molecule has 7 heteroatoms. The molecule has 2 fully saturated rings. The highest BCUT2D eigenvalue weighted by atomic mass is 16.6. The summed E-state index contributed by atoms with van der Waals surface area (Å²) in [7, 11) is 0. The maximum absolute atomic E-state index is 12.2. The lowest BCUT2D eigenvalue weighted by Crippen LogP contribution is -2.57. The fourth-order valence-corrected chi connectivity index (χ4v) is 2.43. The first-order valence-electron chi connectivity index (χ1n) is 6.71. The first-order valence-corrected chi connectivity index (χ1v) is 6.71. The molecular weight excluding hydrogens is 266 g/mol. The maximum Gasteiger partial charge on any atom is 0.410 e. The standard InChI is InChI=1S/C13H21NO6/c1-13(2,3)20-12(17)14-5-8(4-11(15)16)19-10-7-18-6-9(10)14/h8-10H,4-7H2,1-3H3,(H,15,16)/t8-,9-,10-/m0/s1. The van der Waals surface area contributed by atoms with Gasteiger partial charge in [0, 0.05) is 0 Å². The zero-order chi connectivity index (χ0) is 14.9. The Balaban J connectivity index is 2.07. The Morgan fingerprint density at radius 3 is 2.65 bits per heavy atom. The van der Waals surface area contributed by atoms with Crippen LogP contribution in [0.15, 0.2) is 0 Å². The second-order valence-corrected chi connectivity index (χ2v) is 6.13. The van der Waals surface area contributed by atoms with Crippen LogP contribution in [0.2, 0.25) is 0 Å². The summed E-state index contributed by atoms with van der Waals surface area (Å²) >= 11 is 0. The maximum atomic E-state index is 12.2. The largest absolute Gasteiger partial charge is 0.481 e. The lowest BCUT2D eigenvalue weighted by Gasteiger charge is -2.40.